The second-order valence-corrected chi connectivity index (χ2v) is 4.61. The molecule has 110 valence electrons. The second-order valence-electron chi connectivity index (χ2n) is 4.20. The van der Waals surface area contributed by atoms with Gasteiger partial charge in [0.05, 0.1) is 23.8 Å². The molecule has 1 amide bonds. The Morgan fingerprint density at radius 2 is 2.00 bits per heavy atom. The summed E-state index contributed by atoms with van der Waals surface area (Å²) in [6, 6.07) is 2.80. The number of hydrogen-bond acceptors (Lipinski definition) is 5. The van der Waals surface area contributed by atoms with Crippen LogP contribution in [0, 0.1) is 0 Å². The van der Waals surface area contributed by atoms with Crippen LogP contribution in [0.2, 0.25) is 5.02 Å². The Morgan fingerprint density at radius 3 is 2.50 bits per heavy atom. The highest BCUT2D eigenvalue weighted by atomic mass is 35.5. The lowest BCUT2D eigenvalue weighted by Gasteiger charge is -2.16. The molecule has 0 saturated heterocycles. The molecule has 0 saturated carbocycles. The van der Waals surface area contributed by atoms with E-state index in [1.807, 2.05) is 13.8 Å². The summed E-state index contributed by atoms with van der Waals surface area (Å²) in [4.78, 5) is 22.3. The van der Waals surface area contributed by atoms with Crippen LogP contribution in [-0.4, -0.2) is 31.7 Å². The van der Waals surface area contributed by atoms with Crippen LogP contribution in [0.4, 0.5) is 0 Å². The van der Waals surface area contributed by atoms with Crippen molar-refractivity contribution in [1.82, 2.24) is 0 Å². The highest BCUT2D eigenvalue weighted by molar-refractivity contribution is 6.32. The summed E-state index contributed by atoms with van der Waals surface area (Å²) < 4.78 is 15.3. The Bertz CT molecular complexity index is 516. The third kappa shape index (κ3) is 4.31. The predicted molar refractivity (Wildman–Crippen MR) is 73.2 cm³/mol. The normalized spacial score (nSPS) is 10.2. The molecule has 0 aliphatic carbocycles. The molecule has 20 heavy (non-hydrogen) atoms. The molecular formula is C13H16ClNO5. The molecule has 0 unspecified atom stereocenters. The molecule has 0 spiro atoms. The lowest BCUT2D eigenvalue weighted by atomic mass is 10.2. The third-order valence-electron chi connectivity index (χ3n) is 2.16. The van der Waals surface area contributed by atoms with Gasteiger partial charge in [0.1, 0.15) is 0 Å². The van der Waals surface area contributed by atoms with Gasteiger partial charge in [-0.05, 0) is 26.0 Å². The van der Waals surface area contributed by atoms with Crippen LogP contribution in [0.1, 0.15) is 24.2 Å². The smallest absolute Gasteiger partial charge is 0.338 e. The van der Waals surface area contributed by atoms with Crippen molar-refractivity contribution < 1.29 is 23.8 Å². The number of esters is 1. The fraction of sp³-hybridized carbons (Fsp3) is 0.385. The Hall–Kier alpha value is -1.95. The molecule has 0 atom stereocenters. The van der Waals surface area contributed by atoms with E-state index < -0.39 is 18.5 Å². The van der Waals surface area contributed by atoms with Crippen LogP contribution in [-0.2, 0) is 9.53 Å². The first-order chi connectivity index (χ1) is 9.35. The minimum atomic E-state index is -0.740. The zero-order valence-corrected chi connectivity index (χ0v) is 12.2. The van der Waals surface area contributed by atoms with E-state index in [0.717, 1.165) is 0 Å². The molecule has 0 bridgehead atoms. The number of carbonyl (C=O) groups excluding carboxylic acids is 2. The van der Waals surface area contributed by atoms with Crippen LogP contribution < -0.4 is 15.2 Å². The van der Waals surface area contributed by atoms with E-state index in [-0.39, 0.29) is 16.7 Å². The lowest BCUT2D eigenvalue weighted by molar-refractivity contribution is -0.121. The van der Waals surface area contributed by atoms with E-state index in [1.54, 1.807) is 0 Å². The Labute approximate surface area is 121 Å². The van der Waals surface area contributed by atoms with E-state index >= 15 is 0 Å². The quantitative estimate of drug-likeness (QED) is 0.809. The largest absolute Gasteiger partial charge is 0.493 e. The van der Waals surface area contributed by atoms with Crippen LogP contribution in [0.5, 0.6) is 11.5 Å². The Kier molecular flexibility index (Phi) is 5.64. The average Bonchev–Trinajstić information content (AvgIpc) is 2.37. The summed E-state index contributed by atoms with van der Waals surface area (Å²) in [5.41, 5.74) is 5.04. The standard InChI is InChI=1S/C13H16ClNO5/c1-7(2)20-12-9(14)4-8(5-10(12)18-3)13(17)19-6-11(15)16/h4-5,7H,6H2,1-3H3,(H2,15,16). The van der Waals surface area contributed by atoms with Crippen molar-refractivity contribution in [2.75, 3.05) is 13.7 Å². The van der Waals surface area contributed by atoms with Crippen molar-refractivity contribution in [2.45, 2.75) is 20.0 Å². The van der Waals surface area contributed by atoms with E-state index in [9.17, 15) is 9.59 Å². The number of amides is 1. The van der Waals surface area contributed by atoms with Crippen LogP contribution in [0.25, 0.3) is 0 Å². The van der Waals surface area contributed by atoms with Crippen LogP contribution >= 0.6 is 11.6 Å². The first-order valence-electron chi connectivity index (χ1n) is 5.84. The van der Waals surface area contributed by atoms with E-state index in [4.69, 9.17) is 31.5 Å². The minimum absolute atomic E-state index is 0.103. The molecule has 0 aliphatic heterocycles. The van der Waals surface area contributed by atoms with Crippen LogP contribution in [0.3, 0.4) is 0 Å². The molecular weight excluding hydrogens is 286 g/mol. The zero-order chi connectivity index (χ0) is 15.3. The molecule has 1 aromatic carbocycles. The number of ether oxygens (including phenoxy) is 3. The molecule has 2 N–H and O–H groups in total. The van der Waals surface area contributed by atoms with Crippen molar-refractivity contribution in [3.05, 3.63) is 22.7 Å². The van der Waals surface area contributed by atoms with Gasteiger partial charge in [0.2, 0.25) is 0 Å². The van der Waals surface area contributed by atoms with E-state index in [2.05, 4.69) is 0 Å². The van der Waals surface area contributed by atoms with Crippen molar-refractivity contribution >= 4 is 23.5 Å². The number of rotatable bonds is 6. The van der Waals surface area contributed by atoms with Crippen molar-refractivity contribution in [3.8, 4) is 11.5 Å². The molecule has 6 nitrogen and oxygen atoms in total. The highest BCUT2D eigenvalue weighted by Crippen LogP contribution is 2.37. The third-order valence-corrected chi connectivity index (χ3v) is 2.44. The van der Waals surface area contributed by atoms with Gasteiger partial charge in [-0.25, -0.2) is 4.79 Å². The van der Waals surface area contributed by atoms with Gasteiger partial charge >= 0.3 is 5.97 Å². The number of nitrogens with two attached hydrogens (primary N) is 1. The van der Waals surface area contributed by atoms with Crippen molar-refractivity contribution in [2.24, 2.45) is 5.73 Å². The van der Waals surface area contributed by atoms with Crippen LogP contribution in [0.15, 0.2) is 12.1 Å². The number of benzene rings is 1. The first kappa shape index (κ1) is 16.1. The fourth-order valence-electron chi connectivity index (χ4n) is 1.41. The first-order valence-corrected chi connectivity index (χ1v) is 6.22. The highest BCUT2D eigenvalue weighted by Gasteiger charge is 2.18. The van der Waals surface area contributed by atoms with Gasteiger partial charge in [-0.1, -0.05) is 11.6 Å². The van der Waals surface area contributed by atoms with E-state index in [0.29, 0.717) is 11.5 Å². The summed E-state index contributed by atoms with van der Waals surface area (Å²) in [7, 11) is 1.43. The number of carbonyl (C=O) groups is 2. The molecule has 0 radical (unpaired) electrons. The maximum atomic E-state index is 11.7. The van der Waals surface area contributed by atoms with Gasteiger partial charge in [-0.3, -0.25) is 4.79 Å². The number of hydrogen-bond donors (Lipinski definition) is 1. The van der Waals surface area contributed by atoms with Crippen molar-refractivity contribution in [1.29, 1.82) is 0 Å². The summed E-state index contributed by atoms with van der Waals surface area (Å²) in [6.07, 6.45) is -0.103. The monoisotopic (exact) mass is 301 g/mol. The van der Waals surface area contributed by atoms with Gasteiger partial charge in [-0.15, -0.1) is 0 Å². The topological polar surface area (TPSA) is 87.9 Å². The van der Waals surface area contributed by atoms with Gasteiger partial charge in [0.15, 0.2) is 18.1 Å². The molecule has 0 fully saturated rings. The second kappa shape index (κ2) is 7.00. The number of halogens is 1. The Balaban J connectivity index is 3.03. The predicted octanol–water partition coefficient (Wildman–Crippen LogP) is 1.78. The zero-order valence-electron chi connectivity index (χ0n) is 11.4. The number of methoxy groups -OCH3 is 1. The summed E-state index contributed by atoms with van der Waals surface area (Å²) >= 11 is 6.06. The molecule has 1 aromatic rings. The fourth-order valence-corrected chi connectivity index (χ4v) is 1.66. The lowest BCUT2D eigenvalue weighted by Crippen LogP contribution is -2.21. The van der Waals surface area contributed by atoms with Gasteiger partial charge in [0.25, 0.3) is 5.91 Å². The van der Waals surface area contributed by atoms with Gasteiger partial charge < -0.3 is 19.9 Å². The maximum absolute atomic E-state index is 11.7. The Morgan fingerprint density at radius 1 is 1.35 bits per heavy atom. The van der Waals surface area contributed by atoms with E-state index in [1.165, 1.54) is 19.2 Å². The molecule has 0 heterocycles. The maximum Gasteiger partial charge on any atom is 0.338 e. The SMILES string of the molecule is COc1cc(C(=O)OCC(N)=O)cc(Cl)c1OC(C)C. The molecule has 0 aliphatic rings. The molecule has 1 rings (SSSR count). The van der Waals surface area contributed by atoms with Crippen molar-refractivity contribution in [3.63, 3.8) is 0 Å². The molecule has 0 aromatic heterocycles. The summed E-state index contributed by atoms with van der Waals surface area (Å²) in [5.74, 6) is -0.816. The number of primary amides is 1. The molecule has 7 heteroatoms. The summed E-state index contributed by atoms with van der Waals surface area (Å²) in [6.45, 7) is 3.18. The van der Waals surface area contributed by atoms with Gasteiger partial charge in [0, 0.05) is 0 Å². The summed E-state index contributed by atoms with van der Waals surface area (Å²) in [5, 5.41) is 0.212. The van der Waals surface area contributed by atoms with Gasteiger partial charge in [-0.2, -0.15) is 0 Å². The minimum Gasteiger partial charge on any atom is -0.493 e. The average molecular weight is 302 g/mol.